The summed E-state index contributed by atoms with van der Waals surface area (Å²) < 4.78 is 4.90. The average Bonchev–Trinajstić information content (AvgIpc) is 2.26. The normalized spacial score (nSPS) is 15.1. The summed E-state index contributed by atoms with van der Waals surface area (Å²) >= 11 is 0. The number of nitrogens with one attached hydrogen (secondary N) is 1. The van der Waals surface area contributed by atoms with Crippen LogP contribution in [0.15, 0.2) is 0 Å². The second-order valence-electron chi connectivity index (χ2n) is 3.86. The van der Waals surface area contributed by atoms with E-state index in [1.165, 1.54) is 7.11 Å². The quantitative estimate of drug-likeness (QED) is 0.664. The predicted molar refractivity (Wildman–Crippen MR) is 61.5 cm³/mol. The molecule has 3 N–H and O–H groups in total. The van der Waals surface area contributed by atoms with Crippen molar-refractivity contribution in [2.75, 3.05) is 13.7 Å². The molecule has 15 heavy (non-hydrogen) atoms. The molecule has 0 rings (SSSR count). The van der Waals surface area contributed by atoms with Crippen molar-refractivity contribution in [2.45, 2.75) is 45.8 Å². The molecule has 0 aliphatic carbocycles. The molecular formula is C11H24N2O2. The molecule has 0 saturated heterocycles. The lowest BCUT2D eigenvalue weighted by molar-refractivity contribution is -0.130. The summed E-state index contributed by atoms with van der Waals surface area (Å²) in [7, 11) is 1.52. The van der Waals surface area contributed by atoms with Gasteiger partial charge in [0.15, 0.2) is 0 Å². The van der Waals surface area contributed by atoms with Crippen LogP contribution in [0.3, 0.4) is 0 Å². The maximum absolute atomic E-state index is 11.4. The second-order valence-corrected chi connectivity index (χ2v) is 3.86. The Labute approximate surface area is 92.6 Å². The van der Waals surface area contributed by atoms with E-state index in [0.717, 1.165) is 12.8 Å². The predicted octanol–water partition coefficient (Wildman–Crippen LogP) is 0.901. The van der Waals surface area contributed by atoms with Gasteiger partial charge in [-0.2, -0.15) is 0 Å². The van der Waals surface area contributed by atoms with E-state index in [4.69, 9.17) is 10.5 Å². The molecule has 2 atom stereocenters. The molecule has 0 aliphatic heterocycles. The summed E-state index contributed by atoms with van der Waals surface area (Å²) in [5.74, 6) is 0.377. The van der Waals surface area contributed by atoms with Crippen molar-refractivity contribution < 1.29 is 9.53 Å². The maximum Gasteiger partial charge on any atom is 0.248 e. The van der Waals surface area contributed by atoms with Gasteiger partial charge >= 0.3 is 0 Å². The highest BCUT2D eigenvalue weighted by atomic mass is 16.5. The molecule has 0 aromatic rings. The van der Waals surface area contributed by atoms with Gasteiger partial charge in [0.2, 0.25) is 5.91 Å². The van der Waals surface area contributed by atoms with Crippen molar-refractivity contribution in [1.82, 2.24) is 5.32 Å². The molecule has 0 saturated carbocycles. The topological polar surface area (TPSA) is 64.3 Å². The van der Waals surface area contributed by atoms with Gasteiger partial charge in [0.05, 0.1) is 0 Å². The first-order chi connectivity index (χ1) is 7.06. The summed E-state index contributed by atoms with van der Waals surface area (Å²) in [6.45, 7) is 6.48. The molecule has 4 heteroatoms. The van der Waals surface area contributed by atoms with E-state index in [9.17, 15) is 4.79 Å². The minimum atomic E-state index is -0.404. The third-order valence-electron chi connectivity index (χ3n) is 2.89. The van der Waals surface area contributed by atoms with E-state index < -0.39 is 6.10 Å². The van der Waals surface area contributed by atoms with Crippen molar-refractivity contribution in [2.24, 2.45) is 11.7 Å². The molecule has 0 aromatic heterocycles. The van der Waals surface area contributed by atoms with Gasteiger partial charge in [-0.3, -0.25) is 4.79 Å². The summed E-state index contributed by atoms with van der Waals surface area (Å²) in [6.07, 6.45) is 1.69. The monoisotopic (exact) mass is 216 g/mol. The van der Waals surface area contributed by atoms with Gasteiger partial charge in [0.1, 0.15) is 6.10 Å². The molecule has 0 radical (unpaired) electrons. The number of hydrogen-bond donors (Lipinski definition) is 2. The van der Waals surface area contributed by atoms with E-state index in [2.05, 4.69) is 19.2 Å². The molecule has 1 amide bonds. The number of hydrogen-bond acceptors (Lipinski definition) is 3. The Morgan fingerprint density at radius 3 is 2.33 bits per heavy atom. The molecule has 4 nitrogen and oxygen atoms in total. The van der Waals surface area contributed by atoms with Crippen molar-refractivity contribution in [3.8, 4) is 0 Å². The van der Waals surface area contributed by atoms with Crippen LogP contribution in [-0.2, 0) is 9.53 Å². The van der Waals surface area contributed by atoms with Crippen LogP contribution in [-0.4, -0.2) is 31.7 Å². The van der Waals surface area contributed by atoms with E-state index in [-0.39, 0.29) is 11.9 Å². The Hall–Kier alpha value is -0.610. The summed E-state index contributed by atoms with van der Waals surface area (Å²) in [5, 5.41) is 2.79. The second kappa shape index (κ2) is 7.65. The lowest BCUT2D eigenvalue weighted by atomic mass is 9.95. The minimum absolute atomic E-state index is 0.0352. The summed E-state index contributed by atoms with van der Waals surface area (Å²) in [5.41, 5.74) is 5.97. The van der Waals surface area contributed by atoms with Crippen LogP contribution < -0.4 is 11.1 Å². The standard InChI is InChI=1S/C11H24N2O2/c1-5-9(6-2)10(12)7-13-11(14)8(3)15-4/h8-10H,5-7,12H2,1-4H3,(H,13,14). The smallest absolute Gasteiger partial charge is 0.248 e. The number of carbonyl (C=O) groups excluding carboxylic acids is 1. The van der Waals surface area contributed by atoms with E-state index in [1.54, 1.807) is 6.92 Å². The van der Waals surface area contributed by atoms with Crippen LogP contribution in [0, 0.1) is 5.92 Å². The van der Waals surface area contributed by atoms with Gasteiger partial charge in [0.25, 0.3) is 0 Å². The maximum atomic E-state index is 11.4. The zero-order valence-corrected chi connectivity index (χ0v) is 10.2. The first-order valence-electron chi connectivity index (χ1n) is 5.62. The highest BCUT2D eigenvalue weighted by Gasteiger charge is 2.16. The zero-order valence-electron chi connectivity index (χ0n) is 10.2. The lowest BCUT2D eigenvalue weighted by Crippen LogP contribution is -2.44. The minimum Gasteiger partial charge on any atom is -0.372 e. The van der Waals surface area contributed by atoms with Crippen molar-refractivity contribution in [3.05, 3.63) is 0 Å². The molecule has 2 unspecified atom stereocenters. The molecule has 0 heterocycles. The average molecular weight is 216 g/mol. The largest absolute Gasteiger partial charge is 0.372 e. The van der Waals surface area contributed by atoms with Crippen molar-refractivity contribution in [1.29, 1.82) is 0 Å². The third-order valence-corrected chi connectivity index (χ3v) is 2.89. The lowest BCUT2D eigenvalue weighted by Gasteiger charge is -2.22. The van der Waals surface area contributed by atoms with Gasteiger partial charge in [-0.25, -0.2) is 0 Å². The molecular weight excluding hydrogens is 192 g/mol. The number of methoxy groups -OCH3 is 1. The molecule has 0 fully saturated rings. The number of ether oxygens (including phenoxy) is 1. The first kappa shape index (κ1) is 14.4. The highest BCUT2D eigenvalue weighted by molar-refractivity contribution is 5.80. The van der Waals surface area contributed by atoms with Gasteiger partial charge in [-0.05, 0) is 12.8 Å². The zero-order chi connectivity index (χ0) is 11.8. The highest BCUT2D eigenvalue weighted by Crippen LogP contribution is 2.10. The Morgan fingerprint density at radius 1 is 1.40 bits per heavy atom. The van der Waals surface area contributed by atoms with Crippen LogP contribution in [0.1, 0.15) is 33.6 Å². The van der Waals surface area contributed by atoms with Crippen LogP contribution in [0.5, 0.6) is 0 Å². The van der Waals surface area contributed by atoms with Gasteiger partial charge in [-0.15, -0.1) is 0 Å². The Kier molecular flexibility index (Phi) is 7.34. The Bertz CT molecular complexity index is 181. The number of carbonyl (C=O) groups is 1. The summed E-state index contributed by atoms with van der Waals surface area (Å²) in [6, 6.07) is 0.0352. The molecule has 90 valence electrons. The molecule has 0 bridgehead atoms. The fraction of sp³-hybridized carbons (Fsp3) is 0.909. The molecule has 0 aromatic carbocycles. The number of amides is 1. The summed E-state index contributed by atoms with van der Waals surface area (Å²) in [4.78, 5) is 11.4. The first-order valence-corrected chi connectivity index (χ1v) is 5.62. The van der Waals surface area contributed by atoms with Crippen molar-refractivity contribution >= 4 is 5.91 Å². The number of nitrogens with two attached hydrogens (primary N) is 1. The van der Waals surface area contributed by atoms with Gasteiger partial charge in [-0.1, -0.05) is 26.7 Å². The van der Waals surface area contributed by atoms with Crippen LogP contribution in [0.4, 0.5) is 0 Å². The Balaban J connectivity index is 3.88. The SMILES string of the molecule is CCC(CC)C(N)CNC(=O)C(C)OC. The fourth-order valence-electron chi connectivity index (χ4n) is 1.53. The van der Waals surface area contributed by atoms with Gasteiger partial charge < -0.3 is 15.8 Å². The third kappa shape index (κ3) is 5.14. The van der Waals surface area contributed by atoms with Crippen LogP contribution in [0.2, 0.25) is 0 Å². The van der Waals surface area contributed by atoms with E-state index >= 15 is 0 Å². The number of rotatable bonds is 7. The van der Waals surface area contributed by atoms with E-state index in [0.29, 0.717) is 12.5 Å². The van der Waals surface area contributed by atoms with Gasteiger partial charge in [0, 0.05) is 19.7 Å². The van der Waals surface area contributed by atoms with Crippen LogP contribution in [0.25, 0.3) is 0 Å². The molecule has 0 aliphatic rings. The Morgan fingerprint density at radius 2 is 1.93 bits per heavy atom. The van der Waals surface area contributed by atoms with Crippen molar-refractivity contribution in [3.63, 3.8) is 0 Å². The fourth-order valence-corrected chi connectivity index (χ4v) is 1.53. The molecule has 0 spiro atoms. The van der Waals surface area contributed by atoms with Crippen LogP contribution >= 0.6 is 0 Å². The van der Waals surface area contributed by atoms with E-state index in [1.807, 2.05) is 0 Å².